The van der Waals surface area contributed by atoms with Crippen LogP contribution in [0.25, 0.3) is 0 Å². The van der Waals surface area contributed by atoms with E-state index >= 15 is 0 Å². The van der Waals surface area contributed by atoms with Crippen molar-refractivity contribution in [1.82, 2.24) is 10.3 Å². The van der Waals surface area contributed by atoms with E-state index in [1.54, 1.807) is 12.3 Å². The van der Waals surface area contributed by atoms with E-state index in [9.17, 15) is 9.90 Å². The third kappa shape index (κ3) is 4.75. The highest BCUT2D eigenvalue weighted by molar-refractivity contribution is 9.10. The molecular weight excluding hydrogens is 398 g/mol. The van der Waals surface area contributed by atoms with Gasteiger partial charge in [0.15, 0.2) is 0 Å². The fourth-order valence-corrected chi connectivity index (χ4v) is 4.32. The zero-order chi connectivity index (χ0) is 18.5. The molecule has 144 valence electrons. The quantitative estimate of drug-likeness (QED) is 0.570. The van der Waals surface area contributed by atoms with Crippen molar-refractivity contribution in [3.05, 3.63) is 22.3 Å². The van der Waals surface area contributed by atoms with Crippen LogP contribution in [0.4, 0.5) is 5.82 Å². The maximum absolute atomic E-state index is 12.1. The number of methoxy groups -OCH3 is 1. The number of rotatable bonds is 4. The van der Waals surface area contributed by atoms with Gasteiger partial charge in [0.05, 0.1) is 13.2 Å². The average molecular weight is 426 g/mol. The monoisotopic (exact) mass is 425 g/mol. The molecule has 7 heteroatoms. The number of anilines is 1. The SMILES string of the molecule is COC(=O)c1cc(Br)cnc1N1CCC(N[C@@H]2CCCCC[C@H]2O)CC1. The summed E-state index contributed by atoms with van der Waals surface area (Å²) in [7, 11) is 1.39. The van der Waals surface area contributed by atoms with Gasteiger partial charge in [0.25, 0.3) is 0 Å². The average Bonchev–Trinajstić information content (AvgIpc) is 2.86. The predicted molar refractivity (Wildman–Crippen MR) is 105 cm³/mol. The van der Waals surface area contributed by atoms with Gasteiger partial charge >= 0.3 is 5.97 Å². The summed E-state index contributed by atoms with van der Waals surface area (Å²) in [6.07, 6.45) is 8.94. The van der Waals surface area contributed by atoms with Crippen molar-refractivity contribution in [3.8, 4) is 0 Å². The van der Waals surface area contributed by atoms with Gasteiger partial charge in [-0.1, -0.05) is 19.3 Å². The normalized spacial score (nSPS) is 25.0. The molecule has 3 rings (SSSR count). The highest BCUT2D eigenvalue weighted by Gasteiger charge is 2.28. The lowest BCUT2D eigenvalue weighted by atomic mass is 9.99. The summed E-state index contributed by atoms with van der Waals surface area (Å²) >= 11 is 3.37. The Labute approximate surface area is 163 Å². The number of halogens is 1. The largest absolute Gasteiger partial charge is 0.465 e. The van der Waals surface area contributed by atoms with E-state index < -0.39 is 0 Å². The van der Waals surface area contributed by atoms with Crippen molar-refractivity contribution < 1.29 is 14.6 Å². The number of carbonyl (C=O) groups is 1. The molecule has 0 bridgehead atoms. The molecule has 1 aliphatic heterocycles. The van der Waals surface area contributed by atoms with E-state index in [1.807, 2.05) is 0 Å². The van der Waals surface area contributed by atoms with Crippen LogP contribution in [0, 0.1) is 0 Å². The topological polar surface area (TPSA) is 74.7 Å². The lowest BCUT2D eigenvalue weighted by molar-refractivity contribution is 0.0600. The third-order valence-corrected chi connectivity index (χ3v) is 5.90. The second-order valence-electron chi connectivity index (χ2n) is 7.26. The minimum absolute atomic E-state index is 0.213. The number of pyridine rings is 1. The van der Waals surface area contributed by atoms with Gasteiger partial charge in [0.1, 0.15) is 11.4 Å². The molecule has 2 N–H and O–H groups in total. The maximum atomic E-state index is 12.1. The van der Waals surface area contributed by atoms with E-state index in [4.69, 9.17) is 4.74 Å². The van der Waals surface area contributed by atoms with Gasteiger partial charge in [-0.3, -0.25) is 0 Å². The van der Waals surface area contributed by atoms with Gasteiger partial charge in [-0.15, -0.1) is 0 Å². The van der Waals surface area contributed by atoms with Crippen LogP contribution in [0.2, 0.25) is 0 Å². The van der Waals surface area contributed by atoms with Crippen LogP contribution < -0.4 is 10.2 Å². The molecule has 2 atom stereocenters. The zero-order valence-electron chi connectivity index (χ0n) is 15.3. The van der Waals surface area contributed by atoms with E-state index in [-0.39, 0.29) is 18.1 Å². The van der Waals surface area contributed by atoms with Crippen LogP contribution >= 0.6 is 15.9 Å². The van der Waals surface area contributed by atoms with Gasteiger partial charge in [0.2, 0.25) is 0 Å². The summed E-state index contributed by atoms with van der Waals surface area (Å²) in [6, 6.07) is 2.38. The Kier molecular flexibility index (Phi) is 6.89. The molecule has 0 amide bonds. The predicted octanol–water partition coefficient (Wildman–Crippen LogP) is 2.88. The molecule has 2 aliphatic rings. The second kappa shape index (κ2) is 9.15. The fourth-order valence-electron chi connectivity index (χ4n) is 3.99. The Morgan fingerprint density at radius 1 is 1.27 bits per heavy atom. The van der Waals surface area contributed by atoms with E-state index in [0.29, 0.717) is 17.4 Å². The molecule has 1 aromatic rings. The lowest BCUT2D eigenvalue weighted by Gasteiger charge is -2.36. The molecule has 2 fully saturated rings. The first-order chi connectivity index (χ1) is 12.6. The first kappa shape index (κ1) is 19.6. The van der Waals surface area contributed by atoms with Crippen LogP contribution in [0.5, 0.6) is 0 Å². The molecule has 1 aromatic heterocycles. The van der Waals surface area contributed by atoms with Crippen LogP contribution in [0.1, 0.15) is 55.3 Å². The van der Waals surface area contributed by atoms with Crippen molar-refractivity contribution in [2.75, 3.05) is 25.1 Å². The van der Waals surface area contributed by atoms with Gasteiger partial charge in [-0.25, -0.2) is 9.78 Å². The molecule has 0 spiro atoms. The molecule has 0 unspecified atom stereocenters. The van der Waals surface area contributed by atoms with Crippen LogP contribution in [0.3, 0.4) is 0 Å². The van der Waals surface area contributed by atoms with Gasteiger partial charge in [0, 0.05) is 35.8 Å². The van der Waals surface area contributed by atoms with Crippen LogP contribution in [-0.2, 0) is 4.74 Å². The number of carbonyl (C=O) groups excluding carboxylic acids is 1. The molecule has 1 aliphatic carbocycles. The summed E-state index contributed by atoms with van der Waals surface area (Å²) in [4.78, 5) is 18.7. The fraction of sp³-hybridized carbons (Fsp3) is 0.684. The number of esters is 1. The zero-order valence-corrected chi connectivity index (χ0v) is 16.9. The highest BCUT2D eigenvalue weighted by atomic mass is 79.9. The highest BCUT2D eigenvalue weighted by Crippen LogP contribution is 2.26. The molecule has 6 nitrogen and oxygen atoms in total. The maximum Gasteiger partial charge on any atom is 0.341 e. The number of aliphatic hydroxyl groups excluding tert-OH is 1. The molecule has 0 radical (unpaired) electrons. The number of aliphatic hydroxyl groups is 1. The third-order valence-electron chi connectivity index (χ3n) is 5.46. The standard InChI is InChI=1S/C19H28BrN3O3/c1-26-19(25)15-11-13(20)12-21-18(15)23-9-7-14(8-10-23)22-16-5-3-2-4-6-17(16)24/h11-12,14,16-17,22,24H,2-10H2,1H3/t16-,17-/m1/s1. The van der Waals surface area contributed by atoms with E-state index in [2.05, 4.69) is 31.1 Å². The lowest BCUT2D eigenvalue weighted by Crippen LogP contribution is -2.50. The molecule has 26 heavy (non-hydrogen) atoms. The van der Waals surface area contributed by atoms with Gasteiger partial charge in [-0.2, -0.15) is 0 Å². The first-order valence-electron chi connectivity index (χ1n) is 9.51. The van der Waals surface area contributed by atoms with E-state index in [1.165, 1.54) is 20.0 Å². The van der Waals surface area contributed by atoms with Crippen LogP contribution in [0.15, 0.2) is 16.7 Å². The number of piperidine rings is 1. The Balaban J connectivity index is 1.61. The molecule has 1 saturated carbocycles. The summed E-state index contributed by atoms with van der Waals surface area (Å²) in [5.41, 5.74) is 0.493. The number of nitrogens with one attached hydrogen (secondary N) is 1. The van der Waals surface area contributed by atoms with Crippen molar-refractivity contribution in [1.29, 1.82) is 0 Å². The van der Waals surface area contributed by atoms with Crippen molar-refractivity contribution in [3.63, 3.8) is 0 Å². The number of hydrogen-bond acceptors (Lipinski definition) is 6. The number of hydrogen-bond donors (Lipinski definition) is 2. The Morgan fingerprint density at radius 3 is 2.73 bits per heavy atom. The summed E-state index contributed by atoms with van der Waals surface area (Å²) < 4.78 is 5.67. The van der Waals surface area contributed by atoms with Crippen molar-refractivity contribution in [2.45, 2.75) is 63.1 Å². The first-order valence-corrected chi connectivity index (χ1v) is 10.3. The van der Waals surface area contributed by atoms with Gasteiger partial charge in [-0.05, 0) is 47.7 Å². The minimum Gasteiger partial charge on any atom is -0.465 e. The van der Waals surface area contributed by atoms with Crippen LogP contribution in [-0.4, -0.2) is 54.4 Å². The summed E-state index contributed by atoms with van der Waals surface area (Å²) in [5.74, 6) is 0.323. The van der Waals surface area contributed by atoms with E-state index in [0.717, 1.165) is 49.7 Å². The Morgan fingerprint density at radius 2 is 2.00 bits per heavy atom. The molecule has 2 heterocycles. The summed E-state index contributed by atoms with van der Waals surface area (Å²) in [5, 5.41) is 14.0. The number of nitrogens with zero attached hydrogens (tertiary/aromatic N) is 2. The second-order valence-corrected chi connectivity index (χ2v) is 8.17. The number of ether oxygens (including phenoxy) is 1. The van der Waals surface area contributed by atoms with Crippen molar-refractivity contribution in [2.24, 2.45) is 0 Å². The molecule has 1 saturated heterocycles. The minimum atomic E-state index is -0.365. The Hall–Kier alpha value is -1.18. The summed E-state index contributed by atoms with van der Waals surface area (Å²) in [6.45, 7) is 1.66. The van der Waals surface area contributed by atoms with Crippen molar-refractivity contribution >= 4 is 27.7 Å². The smallest absolute Gasteiger partial charge is 0.341 e. The molecule has 0 aromatic carbocycles. The molecular formula is C19H28BrN3O3. The number of aromatic nitrogens is 1. The van der Waals surface area contributed by atoms with Gasteiger partial charge < -0.3 is 20.1 Å². The Bertz CT molecular complexity index is 620.